The van der Waals surface area contributed by atoms with E-state index >= 15 is 0 Å². The maximum absolute atomic E-state index is 12.6. The van der Waals surface area contributed by atoms with Crippen LogP contribution in [0.5, 0.6) is 5.75 Å². The maximum Gasteiger partial charge on any atom is 0.261 e. The first-order chi connectivity index (χ1) is 13.5. The normalized spacial score (nSPS) is 18.3. The lowest BCUT2D eigenvalue weighted by Gasteiger charge is -2.12. The molecular weight excluding hydrogens is 360 g/mol. The van der Waals surface area contributed by atoms with Crippen LogP contribution in [0.1, 0.15) is 43.9 Å². The number of ether oxygens (including phenoxy) is 2. The van der Waals surface area contributed by atoms with Crippen LogP contribution in [0.15, 0.2) is 42.5 Å². The quantitative estimate of drug-likeness (QED) is 0.807. The number of imide groups is 1. The van der Waals surface area contributed by atoms with Gasteiger partial charge in [-0.25, -0.2) is 0 Å². The minimum absolute atomic E-state index is 0.114. The summed E-state index contributed by atoms with van der Waals surface area (Å²) in [4.78, 5) is 37.7. The maximum atomic E-state index is 12.6. The second-order valence-electron chi connectivity index (χ2n) is 6.86. The van der Waals surface area contributed by atoms with Crippen LogP contribution in [0.2, 0.25) is 0 Å². The first-order valence-corrected chi connectivity index (χ1v) is 9.15. The van der Waals surface area contributed by atoms with Crippen molar-refractivity contribution in [2.24, 2.45) is 0 Å². The zero-order chi connectivity index (χ0) is 19.7. The summed E-state index contributed by atoms with van der Waals surface area (Å²) in [6, 6.07) is 11.6. The van der Waals surface area contributed by atoms with Crippen LogP contribution < -0.4 is 10.1 Å². The van der Waals surface area contributed by atoms with Crippen molar-refractivity contribution >= 4 is 23.4 Å². The summed E-state index contributed by atoms with van der Waals surface area (Å²) in [5.74, 6) is -0.485. The highest BCUT2D eigenvalue weighted by Gasteiger charge is 2.33. The molecule has 1 fully saturated rings. The molecule has 2 aliphatic heterocycles. The molecule has 2 aliphatic rings. The van der Waals surface area contributed by atoms with Gasteiger partial charge < -0.3 is 14.8 Å². The van der Waals surface area contributed by atoms with E-state index in [1.54, 1.807) is 18.2 Å². The summed E-state index contributed by atoms with van der Waals surface area (Å²) in [5.41, 5.74) is 1.44. The van der Waals surface area contributed by atoms with Gasteiger partial charge in [0.25, 0.3) is 17.7 Å². The molecular formula is C21H20N2O5. The lowest BCUT2D eigenvalue weighted by Crippen LogP contribution is -2.24. The number of hydrogen-bond acceptors (Lipinski definition) is 5. The summed E-state index contributed by atoms with van der Waals surface area (Å²) in [5, 5.41) is 2.79. The van der Waals surface area contributed by atoms with Gasteiger partial charge in [0.15, 0.2) is 0 Å². The van der Waals surface area contributed by atoms with Gasteiger partial charge in [0.05, 0.1) is 17.2 Å². The molecule has 1 N–H and O–H groups in total. The molecule has 2 aromatic carbocycles. The van der Waals surface area contributed by atoms with Gasteiger partial charge in [-0.15, -0.1) is 0 Å². The molecule has 2 heterocycles. The van der Waals surface area contributed by atoms with E-state index in [-0.39, 0.29) is 23.5 Å². The number of anilines is 1. The van der Waals surface area contributed by atoms with Gasteiger partial charge >= 0.3 is 0 Å². The van der Waals surface area contributed by atoms with Crippen LogP contribution in [0, 0.1) is 0 Å². The van der Waals surface area contributed by atoms with Gasteiger partial charge in [-0.2, -0.15) is 0 Å². The molecule has 0 aliphatic carbocycles. The fraction of sp³-hybridized carbons (Fsp3) is 0.286. The molecule has 0 bridgehead atoms. The highest BCUT2D eigenvalue weighted by molar-refractivity contribution is 6.22. The zero-order valence-electron chi connectivity index (χ0n) is 15.4. The molecule has 0 unspecified atom stereocenters. The summed E-state index contributed by atoms with van der Waals surface area (Å²) in [6.07, 6.45) is 2.16. The van der Waals surface area contributed by atoms with Crippen LogP contribution in [0.3, 0.4) is 0 Å². The number of hydrogen-bond donors (Lipinski definition) is 1. The Balaban J connectivity index is 1.45. The SMILES string of the molecule is CN1C(=O)c2ccc(C(=O)Nc3cccc(OC[C@@H]4CCCO4)c3)cc2C1=O. The number of nitrogens with zero attached hydrogens (tertiary/aromatic N) is 1. The molecule has 7 heteroatoms. The van der Waals surface area contributed by atoms with Crippen LogP contribution in [0.25, 0.3) is 0 Å². The molecule has 1 atom stereocenters. The number of fused-ring (bicyclic) bond motifs is 1. The summed E-state index contributed by atoms with van der Waals surface area (Å²) < 4.78 is 11.3. The third-order valence-corrected chi connectivity index (χ3v) is 4.90. The Morgan fingerprint density at radius 3 is 2.79 bits per heavy atom. The predicted molar refractivity (Wildman–Crippen MR) is 102 cm³/mol. The van der Waals surface area contributed by atoms with Crippen molar-refractivity contribution in [1.29, 1.82) is 0 Å². The molecule has 1 saturated heterocycles. The van der Waals surface area contributed by atoms with E-state index in [2.05, 4.69) is 5.32 Å². The number of rotatable bonds is 5. The van der Waals surface area contributed by atoms with E-state index in [1.165, 1.54) is 25.2 Å². The molecule has 28 heavy (non-hydrogen) atoms. The Labute approximate surface area is 162 Å². The first-order valence-electron chi connectivity index (χ1n) is 9.15. The van der Waals surface area contributed by atoms with Gasteiger partial charge in [0.2, 0.25) is 0 Å². The monoisotopic (exact) mass is 380 g/mol. The Morgan fingerprint density at radius 2 is 2.00 bits per heavy atom. The number of nitrogens with one attached hydrogen (secondary N) is 1. The fourth-order valence-corrected chi connectivity index (χ4v) is 3.33. The second-order valence-corrected chi connectivity index (χ2v) is 6.86. The first kappa shape index (κ1) is 18.2. The Morgan fingerprint density at radius 1 is 1.18 bits per heavy atom. The van der Waals surface area contributed by atoms with E-state index < -0.39 is 5.91 Å². The van der Waals surface area contributed by atoms with Gasteiger partial charge in [-0.05, 0) is 43.2 Å². The second kappa shape index (κ2) is 7.44. The van der Waals surface area contributed by atoms with Gasteiger partial charge in [-0.3, -0.25) is 19.3 Å². The molecule has 3 amide bonds. The standard InChI is InChI=1S/C21H20N2O5/c1-23-20(25)17-8-7-13(10-18(17)21(23)26)19(24)22-14-4-2-5-15(11-14)28-12-16-6-3-9-27-16/h2,4-5,7-8,10-11,16H,3,6,9,12H2,1H3,(H,22,24)/t16-/m0/s1. The van der Waals surface area contributed by atoms with Crippen molar-refractivity contribution in [3.8, 4) is 5.75 Å². The molecule has 7 nitrogen and oxygen atoms in total. The molecule has 0 spiro atoms. The molecule has 4 rings (SSSR count). The van der Waals surface area contributed by atoms with Crippen molar-refractivity contribution in [2.45, 2.75) is 18.9 Å². The van der Waals surface area contributed by atoms with Crippen molar-refractivity contribution in [3.05, 3.63) is 59.2 Å². The van der Waals surface area contributed by atoms with E-state index in [1.807, 2.05) is 6.07 Å². The largest absolute Gasteiger partial charge is 0.491 e. The lowest BCUT2D eigenvalue weighted by molar-refractivity contribution is 0.0679. The van der Waals surface area contributed by atoms with Crippen LogP contribution in [-0.2, 0) is 4.74 Å². The van der Waals surface area contributed by atoms with Crippen molar-refractivity contribution < 1.29 is 23.9 Å². The van der Waals surface area contributed by atoms with Crippen LogP contribution in [-0.4, -0.2) is 49.0 Å². The lowest BCUT2D eigenvalue weighted by atomic mass is 10.1. The molecule has 144 valence electrons. The summed E-state index contributed by atoms with van der Waals surface area (Å²) in [7, 11) is 1.42. The van der Waals surface area contributed by atoms with Crippen molar-refractivity contribution in [2.75, 3.05) is 25.6 Å². The summed E-state index contributed by atoms with van der Waals surface area (Å²) >= 11 is 0. The minimum Gasteiger partial charge on any atom is -0.491 e. The van der Waals surface area contributed by atoms with Crippen LogP contribution in [0.4, 0.5) is 5.69 Å². The molecule has 0 aromatic heterocycles. The van der Waals surface area contributed by atoms with E-state index in [0.29, 0.717) is 29.2 Å². The van der Waals surface area contributed by atoms with E-state index in [4.69, 9.17) is 9.47 Å². The van der Waals surface area contributed by atoms with Crippen LogP contribution >= 0.6 is 0 Å². The number of carbonyl (C=O) groups excluding carboxylic acids is 3. The number of amides is 3. The molecule has 2 aromatic rings. The smallest absolute Gasteiger partial charge is 0.261 e. The Kier molecular flexibility index (Phi) is 4.83. The van der Waals surface area contributed by atoms with Gasteiger partial charge in [0, 0.05) is 31.0 Å². The molecule has 0 radical (unpaired) electrons. The van der Waals surface area contributed by atoms with Crippen molar-refractivity contribution in [1.82, 2.24) is 4.90 Å². The molecule has 0 saturated carbocycles. The van der Waals surface area contributed by atoms with Crippen molar-refractivity contribution in [3.63, 3.8) is 0 Å². The average Bonchev–Trinajstić information content (AvgIpc) is 3.30. The highest BCUT2D eigenvalue weighted by atomic mass is 16.5. The average molecular weight is 380 g/mol. The Hall–Kier alpha value is -3.19. The van der Waals surface area contributed by atoms with E-state index in [0.717, 1.165) is 24.3 Å². The van der Waals surface area contributed by atoms with E-state index in [9.17, 15) is 14.4 Å². The predicted octanol–water partition coefficient (Wildman–Crippen LogP) is 2.72. The topological polar surface area (TPSA) is 84.9 Å². The number of benzene rings is 2. The highest BCUT2D eigenvalue weighted by Crippen LogP contribution is 2.24. The summed E-state index contributed by atoms with van der Waals surface area (Å²) in [6.45, 7) is 1.25. The zero-order valence-corrected chi connectivity index (χ0v) is 15.4. The van der Waals surface area contributed by atoms with Gasteiger partial charge in [0.1, 0.15) is 12.4 Å². The minimum atomic E-state index is -0.404. The third-order valence-electron chi connectivity index (χ3n) is 4.90. The van der Waals surface area contributed by atoms with Gasteiger partial charge in [-0.1, -0.05) is 6.07 Å². The number of carbonyl (C=O) groups is 3. The third kappa shape index (κ3) is 3.48. The fourth-order valence-electron chi connectivity index (χ4n) is 3.33. The Bertz CT molecular complexity index is 950.